The number of rotatable bonds is 7. The fourth-order valence-electron chi connectivity index (χ4n) is 3.73. The van der Waals surface area contributed by atoms with Gasteiger partial charge in [-0.2, -0.15) is 11.8 Å². The van der Waals surface area contributed by atoms with Crippen LogP contribution >= 0.6 is 11.8 Å². The Morgan fingerprint density at radius 1 is 1.19 bits per heavy atom. The number of nitrogens with one attached hydrogen (secondary N) is 1. The first-order valence-corrected chi connectivity index (χ1v) is 10.8. The third kappa shape index (κ3) is 4.61. The lowest BCUT2D eigenvalue weighted by molar-refractivity contribution is 0.117. The van der Waals surface area contributed by atoms with Crippen LogP contribution in [0.4, 0.5) is 11.6 Å². The molecule has 2 aromatic heterocycles. The molecule has 0 saturated carbocycles. The molecule has 148 valence electrons. The molecule has 0 amide bonds. The average molecular weight is 394 g/mol. The molecule has 2 saturated heterocycles. The van der Waals surface area contributed by atoms with Gasteiger partial charge in [-0.1, -0.05) is 0 Å². The molecule has 4 rings (SSSR count). The minimum atomic E-state index is 0.456. The molecule has 27 heavy (non-hydrogen) atoms. The van der Waals surface area contributed by atoms with Crippen molar-refractivity contribution in [1.82, 2.24) is 25.2 Å². The number of ether oxygens (including phenoxy) is 1. The van der Waals surface area contributed by atoms with Crippen LogP contribution in [-0.2, 0) is 4.74 Å². The van der Waals surface area contributed by atoms with Crippen LogP contribution < -0.4 is 10.2 Å². The lowest BCUT2D eigenvalue weighted by atomic mass is 9.98. The lowest BCUT2D eigenvalue weighted by Crippen LogP contribution is -2.40. The van der Waals surface area contributed by atoms with E-state index in [1.807, 2.05) is 11.8 Å². The predicted molar refractivity (Wildman–Crippen MR) is 106 cm³/mol. The highest BCUT2D eigenvalue weighted by molar-refractivity contribution is 7.99. The number of hydrogen-bond donors (Lipinski definition) is 1. The second-order valence-corrected chi connectivity index (χ2v) is 8.31. The molecule has 0 unspecified atom stereocenters. The summed E-state index contributed by atoms with van der Waals surface area (Å²) < 4.78 is 10.0. The molecule has 0 bridgehead atoms. The molecule has 2 aromatic rings. The number of thioether (sulfide) groups is 1. The van der Waals surface area contributed by atoms with Gasteiger partial charge in [0.25, 0.3) is 0 Å². The molecule has 1 N–H and O–H groups in total. The van der Waals surface area contributed by atoms with Crippen molar-refractivity contribution in [3.8, 4) is 0 Å². The summed E-state index contributed by atoms with van der Waals surface area (Å²) in [4.78, 5) is 14.1. The third-order valence-electron chi connectivity index (χ3n) is 5.18. The van der Waals surface area contributed by atoms with Crippen molar-refractivity contribution in [2.24, 2.45) is 5.92 Å². The maximum atomic E-state index is 5.22. The Morgan fingerprint density at radius 2 is 2.00 bits per heavy atom. The van der Waals surface area contributed by atoms with Crippen LogP contribution in [0.25, 0.3) is 11.3 Å². The first-order chi connectivity index (χ1) is 13.3. The minimum absolute atomic E-state index is 0.456. The van der Waals surface area contributed by atoms with Gasteiger partial charge in [0.15, 0.2) is 11.6 Å². The Hall–Kier alpha value is -1.65. The number of anilines is 2. The fourth-order valence-corrected chi connectivity index (χ4v) is 4.63. The van der Waals surface area contributed by atoms with Crippen molar-refractivity contribution in [3.63, 3.8) is 0 Å². The van der Waals surface area contributed by atoms with Crippen molar-refractivity contribution in [3.05, 3.63) is 0 Å². The van der Waals surface area contributed by atoms with Crippen molar-refractivity contribution < 1.29 is 9.37 Å². The topological polar surface area (TPSA) is 92.4 Å². The zero-order valence-electron chi connectivity index (χ0n) is 15.8. The van der Waals surface area contributed by atoms with Crippen LogP contribution in [0.2, 0.25) is 0 Å². The maximum Gasteiger partial charge on any atom is 0.245 e. The first-order valence-electron chi connectivity index (χ1n) is 9.61. The highest BCUT2D eigenvalue weighted by Gasteiger charge is 2.23. The number of likely N-dealkylation sites (tertiary alicyclic amines) is 1. The van der Waals surface area contributed by atoms with E-state index in [0.29, 0.717) is 17.2 Å². The maximum absolute atomic E-state index is 5.22. The minimum Gasteiger partial charge on any atom is -0.383 e. The normalized spacial score (nSPS) is 21.7. The van der Waals surface area contributed by atoms with Gasteiger partial charge in [-0.3, -0.25) is 0 Å². The van der Waals surface area contributed by atoms with E-state index in [2.05, 4.69) is 35.4 Å². The third-order valence-corrected chi connectivity index (χ3v) is 6.12. The van der Waals surface area contributed by atoms with Crippen LogP contribution in [0.5, 0.6) is 0 Å². The summed E-state index contributed by atoms with van der Waals surface area (Å²) in [6.07, 6.45) is 2.46. The van der Waals surface area contributed by atoms with Gasteiger partial charge in [0.2, 0.25) is 11.3 Å². The quantitative estimate of drug-likeness (QED) is 0.743. The van der Waals surface area contributed by atoms with E-state index in [9.17, 15) is 0 Å². The second-order valence-electron chi connectivity index (χ2n) is 7.09. The molecule has 1 atom stereocenters. The molecule has 0 aromatic carbocycles. The number of piperidine rings is 1. The summed E-state index contributed by atoms with van der Waals surface area (Å²) in [5.74, 6) is 4.46. The molecule has 2 aliphatic rings. The Balaban J connectivity index is 1.45. The largest absolute Gasteiger partial charge is 0.383 e. The molecule has 2 fully saturated rings. The van der Waals surface area contributed by atoms with Crippen LogP contribution in [0.15, 0.2) is 4.63 Å². The molecule has 9 nitrogen and oxygen atoms in total. The lowest BCUT2D eigenvalue weighted by Gasteiger charge is -2.33. The van der Waals surface area contributed by atoms with Gasteiger partial charge >= 0.3 is 0 Å². The van der Waals surface area contributed by atoms with Crippen molar-refractivity contribution in [2.45, 2.75) is 12.8 Å². The van der Waals surface area contributed by atoms with E-state index in [0.717, 1.165) is 69.0 Å². The summed E-state index contributed by atoms with van der Waals surface area (Å²) in [5, 5.41) is 11.3. The molecule has 10 heteroatoms. The summed E-state index contributed by atoms with van der Waals surface area (Å²) in [7, 11) is 1.76. The van der Waals surface area contributed by atoms with E-state index < -0.39 is 0 Å². The van der Waals surface area contributed by atoms with Gasteiger partial charge in [0, 0.05) is 51.3 Å². The first kappa shape index (κ1) is 18.7. The van der Waals surface area contributed by atoms with Crippen molar-refractivity contribution in [1.29, 1.82) is 0 Å². The smallest absolute Gasteiger partial charge is 0.245 e. The van der Waals surface area contributed by atoms with Crippen LogP contribution in [0.1, 0.15) is 12.8 Å². The molecule has 4 heterocycles. The molecule has 0 aliphatic carbocycles. The summed E-state index contributed by atoms with van der Waals surface area (Å²) in [6.45, 7) is 6.86. The van der Waals surface area contributed by atoms with Gasteiger partial charge in [-0.05, 0) is 35.6 Å². The summed E-state index contributed by atoms with van der Waals surface area (Å²) in [6, 6.07) is 0. The fraction of sp³-hybridized carbons (Fsp3) is 0.765. The van der Waals surface area contributed by atoms with E-state index >= 15 is 0 Å². The standard InChI is InChI=1S/C17H27N7O2S/c1-25-8-5-23-4-2-3-13(12-23)11-18-16-17(24-6-9-27-10-7-24)20-15-14(19-16)21-26-22-15/h13H,2-12H2,1H3,(H,18,19,21)/t13-/m0/s1. The highest BCUT2D eigenvalue weighted by atomic mass is 32.2. The SMILES string of the molecule is COCCN1CCC[C@@H](CNc2nc3nonc3nc2N2CCSCC2)C1. The average Bonchev–Trinajstić information content (AvgIpc) is 3.18. The number of fused-ring (bicyclic) bond motifs is 1. The molecule has 0 radical (unpaired) electrons. The highest BCUT2D eigenvalue weighted by Crippen LogP contribution is 2.27. The van der Waals surface area contributed by atoms with Gasteiger partial charge in [0.1, 0.15) is 0 Å². The number of nitrogens with zero attached hydrogens (tertiary/aromatic N) is 6. The summed E-state index contributed by atoms with van der Waals surface area (Å²) in [5.41, 5.74) is 0.926. The molecular formula is C17H27N7O2S. The van der Waals surface area contributed by atoms with Crippen LogP contribution in [0.3, 0.4) is 0 Å². The number of methoxy groups -OCH3 is 1. The molecule has 0 spiro atoms. The van der Waals surface area contributed by atoms with Gasteiger partial charge in [0.05, 0.1) is 6.61 Å². The predicted octanol–water partition coefficient (Wildman–Crippen LogP) is 1.34. The monoisotopic (exact) mass is 393 g/mol. The Bertz CT molecular complexity index is 737. The summed E-state index contributed by atoms with van der Waals surface area (Å²) >= 11 is 1.97. The van der Waals surface area contributed by atoms with Crippen molar-refractivity contribution in [2.75, 3.05) is 74.7 Å². The Labute approximate surface area is 163 Å². The van der Waals surface area contributed by atoms with E-state index in [1.54, 1.807) is 7.11 Å². The van der Waals surface area contributed by atoms with E-state index in [1.165, 1.54) is 12.8 Å². The zero-order chi connectivity index (χ0) is 18.5. The Morgan fingerprint density at radius 3 is 2.81 bits per heavy atom. The van der Waals surface area contributed by atoms with E-state index in [-0.39, 0.29) is 0 Å². The van der Waals surface area contributed by atoms with E-state index in [4.69, 9.17) is 9.37 Å². The second kappa shape index (κ2) is 9.03. The van der Waals surface area contributed by atoms with Crippen LogP contribution in [0, 0.1) is 5.92 Å². The zero-order valence-corrected chi connectivity index (χ0v) is 16.6. The molecular weight excluding hydrogens is 366 g/mol. The van der Waals surface area contributed by atoms with Gasteiger partial charge in [-0.15, -0.1) is 0 Å². The number of hydrogen-bond acceptors (Lipinski definition) is 10. The van der Waals surface area contributed by atoms with Crippen molar-refractivity contribution >= 4 is 34.7 Å². The molecule has 2 aliphatic heterocycles. The number of aromatic nitrogens is 4. The van der Waals surface area contributed by atoms with Gasteiger partial charge < -0.3 is 19.9 Å². The Kier molecular flexibility index (Phi) is 6.25. The van der Waals surface area contributed by atoms with Gasteiger partial charge in [-0.25, -0.2) is 14.6 Å². The van der Waals surface area contributed by atoms with Crippen LogP contribution in [-0.4, -0.2) is 89.7 Å².